The average Bonchev–Trinajstić information content (AvgIpc) is 2.48. The zero-order valence-electron chi connectivity index (χ0n) is 8.09. The molecule has 0 saturated carbocycles. The van der Waals surface area contributed by atoms with E-state index in [1.807, 2.05) is 0 Å². The monoisotopic (exact) mass is 240 g/mol. The van der Waals surface area contributed by atoms with Crippen LogP contribution in [0, 0.1) is 0 Å². The van der Waals surface area contributed by atoms with Gasteiger partial charge in [0.1, 0.15) is 10.0 Å². The van der Waals surface area contributed by atoms with Crippen LogP contribution in [0.25, 0.3) is 0 Å². The Balaban J connectivity index is 2.87. The molecular formula is C8H11ClF2N2S. The van der Waals surface area contributed by atoms with Crippen molar-refractivity contribution in [3.63, 3.8) is 0 Å². The first kappa shape index (κ1) is 11.8. The van der Waals surface area contributed by atoms with Crippen LogP contribution in [0.1, 0.15) is 42.1 Å². The maximum atomic E-state index is 12.9. The lowest BCUT2D eigenvalue weighted by molar-refractivity contribution is -0.00245. The molecule has 0 amide bonds. The van der Waals surface area contributed by atoms with E-state index in [4.69, 9.17) is 11.6 Å². The van der Waals surface area contributed by atoms with Gasteiger partial charge in [0, 0.05) is 6.92 Å². The normalized spacial score (nSPS) is 16.7. The van der Waals surface area contributed by atoms with Crippen LogP contribution >= 0.6 is 22.9 Å². The van der Waals surface area contributed by atoms with Crippen LogP contribution in [0.15, 0.2) is 0 Å². The molecule has 0 aliphatic carbocycles. The van der Waals surface area contributed by atoms with Gasteiger partial charge in [0.25, 0.3) is 5.92 Å². The highest BCUT2D eigenvalue weighted by atomic mass is 35.5. The molecule has 80 valence electrons. The summed E-state index contributed by atoms with van der Waals surface area (Å²) in [4.78, 5) is 0. The van der Waals surface area contributed by atoms with Gasteiger partial charge < -0.3 is 0 Å². The van der Waals surface area contributed by atoms with Gasteiger partial charge in [-0.15, -0.1) is 21.8 Å². The second-order valence-corrected chi connectivity index (χ2v) is 4.97. The molecule has 0 saturated heterocycles. The molecule has 1 heterocycles. The molecule has 0 N–H and O–H groups in total. The Morgan fingerprint density at radius 2 is 1.79 bits per heavy atom. The molecular weight excluding hydrogens is 230 g/mol. The number of aromatic nitrogens is 2. The van der Waals surface area contributed by atoms with Gasteiger partial charge in [-0.2, -0.15) is 0 Å². The molecule has 2 nitrogen and oxygen atoms in total. The van der Waals surface area contributed by atoms with E-state index in [1.165, 1.54) is 6.92 Å². The maximum absolute atomic E-state index is 12.9. The summed E-state index contributed by atoms with van der Waals surface area (Å²) in [6, 6.07) is 0. The van der Waals surface area contributed by atoms with Crippen molar-refractivity contribution in [2.24, 2.45) is 0 Å². The summed E-state index contributed by atoms with van der Waals surface area (Å²) in [5.41, 5.74) is 0. The van der Waals surface area contributed by atoms with Crippen LogP contribution in [0.5, 0.6) is 0 Å². The first-order chi connectivity index (χ1) is 6.32. The Labute approximate surface area is 90.3 Å². The van der Waals surface area contributed by atoms with Crippen LogP contribution < -0.4 is 0 Å². The molecule has 0 bridgehead atoms. The van der Waals surface area contributed by atoms with Crippen LogP contribution in [0.2, 0.25) is 0 Å². The van der Waals surface area contributed by atoms with Gasteiger partial charge in [0.05, 0.1) is 11.3 Å². The van der Waals surface area contributed by atoms with E-state index in [0.717, 1.165) is 18.3 Å². The minimum Gasteiger partial charge on any atom is -0.206 e. The lowest BCUT2D eigenvalue weighted by Crippen LogP contribution is -2.19. The second kappa shape index (κ2) is 4.06. The Kier molecular flexibility index (Phi) is 3.42. The lowest BCUT2D eigenvalue weighted by atomic mass is 10.1. The smallest absolute Gasteiger partial charge is 0.206 e. The minimum absolute atomic E-state index is 0.279. The number of alkyl halides is 3. The van der Waals surface area contributed by atoms with E-state index in [1.54, 1.807) is 6.92 Å². The highest BCUT2D eigenvalue weighted by molar-refractivity contribution is 7.11. The third-order valence-corrected chi connectivity index (χ3v) is 3.55. The first-order valence-electron chi connectivity index (χ1n) is 4.17. The van der Waals surface area contributed by atoms with Crippen molar-refractivity contribution in [2.75, 3.05) is 0 Å². The van der Waals surface area contributed by atoms with Crippen LogP contribution in [-0.2, 0) is 0 Å². The van der Waals surface area contributed by atoms with Gasteiger partial charge in [0.2, 0.25) is 0 Å². The van der Waals surface area contributed by atoms with Crippen LogP contribution in [0.4, 0.5) is 8.78 Å². The summed E-state index contributed by atoms with van der Waals surface area (Å²) < 4.78 is 25.8. The molecule has 0 aromatic carbocycles. The highest BCUT2D eigenvalue weighted by Crippen LogP contribution is 2.35. The van der Waals surface area contributed by atoms with Crippen LogP contribution in [-0.4, -0.2) is 16.1 Å². The topological polar surface area (TPSA) is 25.8 Å². The molecule has 1 rings (SSSR count). The van der Waals surface area contributed by atoms with Gasteiger partial charge in [0.15, 0.2) is 0 Å². The predicted octanol–water partition coefficient (Wildman–Crippen LogP) is 3.60. The van der Waals surface area contributed by atoms with E-state index >= 15 is 0 Å². The Morgan fingerprint density at radius 3 is 2.14 bits per heavy atom. The Hall–Kier alpha value is -0.290. The fourth-order valence-electron chi connectivity index (χ4n) is 0.799. The number of rotatable bonds is 3. The maximum Gasteiger partial charge on any atom is 0.254 e. The van der Waals surface area contributed by atoms with Crippen molar-refractivity contribution in [1.29, 1.82) is 0 Å². The summed E-state index contributed by atoms with van der Waals surface area (Å²) >= 11 is 6.90. The zero-order chi connectivity index (χ0) is 10.9. The summed E-state index contributed by atoms with van der Waals surface area (Å²) in [5.74, 6) is -3.68. The first-order valence-corrected chi connectivity index (χ1v) is 5.43. The summed E-state index contributed by atoms with van der Waals surface area (Å²) in [7, 11) is 0. The van der Waals surface area contributed by atoms with Gasteiger partial charge in [-0.3, -0.25) is 0 Å². The fraction of sp³-hybridized carbons (Fsp3) is 0.750. The molecule has 0 aliphatic rings. The van der Waals surface area contributed by atoms with Crippen molar-refractivity contribution >= 4 is 22.9 Å². The number of hydrogen-bond donors (Lipinski definition) is 0. The van der Waals surface area contributed by atoms with E-state index in [2.05, 4.69) is 10.2 Å². The Bertz CT molecular complexity index is 309. The molecule has 0 spiro atoms. The quantitative estimate of drug-likeness (QED) is 0.755. The number of nitrogens with zero attached hydrogens (tertiary/aromatic N) is 2. The molecule has 2 atom stereocenters. The summed E-state index contributed by atoms with van der Waals surface area (Å²) in [5, 5.41) is 8.10. The fourth-order valence-corrected chi connectivity index (χ4v) is 1.90. The summed E-state index contributed by atoms with van der Waals surface area (Å²) in [6.07, 6.45) is 0. The molecule has 2 unspecified atom stereocenters. The van der Waals surface area contributed by atoms with Crippen LogP contribution in [0.3, 0.4) is 0 Å². The SMILES string of the molecule is CC(Cl)c1nnc(C(C)C(C)(F)F)s1. The predicted molar refractivity (Wildman–Crippen MR) is 53.2 cm³/mol. The Morgan fingerprint density at radius 1 is 1.29 bits per heavy atom. The molecule has 1 aromatic rings. The van der Waals surface area contributed by atoms with Crippen molar-refractivity contribution in [2.45, 2.75) is 38.0 Å². The second-order valence-electron chi connectivity index (χ2n) is 3.27. The minimum atomic E-state index is -2.77. The largest absolute Gasteiger partial charge is 0.254 e. The number of halogens is 3. The van der Waals surface area contributed by atoms with E-state index in [-0.39, 0.29) is 5.38 Å². The number of hydrogen-bond acceptors (Lipinski definition) is 3. The summed E-state index contributed by atoms with van der Waals surface area (Å²) in [6.45, 7) is 4.05. The third-order valence-electron chi connectivity index (χ3n) is 1.93. The van der Waals surface area contributed by atoms with E-state index in [0.29, 0.717) is 10.0 Å². The van der Waals surface area contributed by atoms with E-state index in [9.17, 15) is 8.78 Å². The molecule has 0 fully saturated rings. The molecule has 0 radical (unpaired) electrons. The van der Waals surface area contributed by atoms with Crippen molar-refractivity contribution in [3.05, 3.63) is 10.0 Å². The lowest BCUT2D eigenvalue weighted by Gasteiger charge is -2.15. The molecule has 0 aliphatic heterocycles. The average molecular weight is 241 g/mol. The highest BCUT2D eigenvalue weighted by Gasteiger charge is 2.34. The zero-order valence-corrected chi connectivity index (χ0v) is 9.66. The molecule has 1 aromatic heterocycles. The third kappa shape index (κ3) is 2.60. The van der Waals surface area contributed by atoms with Gasteiger partial charge >= 0.3 is 0 Å². The van der Waals surface area contributed by atoms with Gasteiger partial charge in [-0.05, 0) is 6.92 Å². The van der Waals surface area contributed by atoms with Gasteiger partial charge in [-0.1, -0.05) is 18.3 Å². The van der Waals surface area contributed by atoms with Crippen molar-refractivity contribution in [1.82, 2.24) is 10.2 Å². The van der Waals surface area contributed by atoms with Crippen molar-refractivity contribution in [3.8, 4) is 0 Å². The van der Waals surface area contributed by atoms with Crippen molar-refractivity contribution < 1.29 is 8.78 Å². The van der Waals surface area contributed by atoms with E-state index < -0.39 is 11.8 Å². The van der Waals surface area contributed by atoms with Gasteiger partial charge in [-0.25, -0.2) is 8.78 Å². The molecule has 14 heavy (non-hydrogen) atoms. The molecule has 6 heteroatoms. The standard InChI is InChI=1S/C8H11ClF2N2S/c1-4(8(3,10)11)6-12-13-7(14-6)5(2)9/h4-5H,1-3H3.